The van der Waals surface area contributed by atoms with Crippen molar-refractivity contribution in [1.29, 1.82) is 0 Å². The lowest BCUT2D eigenvalue weighted by molar-refractivity contribution is -0.226. The molecule has 2 unspecified atom stereocenters. The van der Waals surface area contributed by atoms with Crippen molar-refractivity contribution in [3.8, 4) is 0 Å². The second-order valence-corrected chi connectivity index (χ2v) is 4.55. The molecular formula is C12H22N6O3. The van der Waals surface area contributed by atoms with E-state index in [0.717, 1.165) is 13.5 Å². The van der Waals surface area contributed by atoms with E-state index >= 15 is 0 Å². The van der Waals surface area contributed by atoms with Gasteiger partial charge in [-0.2, -0.15) is 4.98 Å². The van der Waals surface area contributed by atoms with Crippen molar-refractivity contribution < 1.29 is 14.9 Å². The fraction of sp³-hybridized carbons (Fsp3) is 0.583. The van der Waals surface area contributed by atoms with E-state index in [0.29, 0.717) is 11.3 Å². The van der Waals surface area contributed by atoms with Crippen LogP contribution in [-0.4, -0.2) is 43.0 Å². The van der Waals surface area contributed by atoms with E-state index in [9.17, 15) is 5.11 Å². The van der Waals surface area contributed by atoms with E-state index in [1.54, 1.807) is 0 Å². The van der Waals surface area contributed by atoms with E-state index in [4.69, 9.17) is 21.3 Å². The fourth-order valence-corrected chi connectivity index (χ4v) is 1.77. The molecule has 0 amide bonds. The monoisotopic (exact) mass is 298 g/mol. The first-order valence-corrected chi connectivity index (χ1v) is 6.47. The summed E-state index contributed by atoms with van der Waals surface area (Å²) in [6.07, 6.45) is 2.10. The summed E-state index contributed by atoms with van der Waals surface area (Å²) in [6, 6.07) is 0. The van der Waals surface area contributed by atoms with Gasteiger partial charge in [0.15, 0.2) is 11.5 Å². The summed E-state index contributed by atoms with van der Waals surface area (Å²) in [5.41, 5.74) is 11.9. The predicted molar refractivity (Wildman–Crippen MR) is 78.2 cm³/mol. The number of hydrogen-bond acceptors (Lipinski definition) is 8. The third kappa shape index (κ3) is 3.57. The zero-order valence-corrected chi connectivity index (χ0v) is 12.6. The zero-order valence-electron chi connectivity index (χ0n) is 12.6. The molecule has 0 saturated carbocycles. The van der Waals surface area contributed by atoms with Crippen LogP contribution in [0.25, 0.3) is 5.65 Å². The molecule has 21 heavy (non-hydrogen) atoms. The molecule has 2 aromatic heterocycles. The Bertz CT molecular complexity index is 598. The van der Waals surface area contributed by atoms with Gasteiger partial charge in [-0.25, -0.2) is 9.50 Å². The molecule has 9 heteroatoms. The Kier molecular flexibility index (Phi) is 5.41. The molecule has 118 valence electrons. The summed E-state index contributed by atoms with van der Waals surface area (Å²) < 4.78 is 6.92. The minimum atomic E-state index is -1.54. The minimum absolute atomic E-state index is 0.00332. The predicted octanol–water partition coefficient (Wildman–Crippen LogP) is -0.123. The van der Waals surface area contributed by atoms with Crippen LogP contribution in [0.1, 0.15) is 32.9 Å². The van der Waals surface area contributed by atoms with Crippen LogP contribution in [0.3, 0.4) is 0 Å². The maximum absolute atomic E-state index is 10.4. The molecule has 0 aromatic carbocycles. The lowest BCUT2D eigenvalue weighted by atomic mass is 10.2. The number of anilines is 2. The Hall–Kier alpha value is -1.97. The van der Waals surface area contributed by atoms with Gasteiger partial charge in [0.1, 0.15) is 5.69 Å². The molecule has 2 atom stereocenters. The van der Waals surface area contributed by atoms with Crippen LogP contribution in [0.15, 0.2) is 6.20 Å². The number of ether oxygens (including phenoxy) is 1. The Morgan fingerprint density at radius 3 is 2.62 bits per heavy atom. The van der Waals surface area contributed by atoms with Crippen LogP contribution >= 0.6 is 0 Å². The summed E-state index contributed by atoms with van der Waals surface area (Å²) in [7, 11) is 1.00. The van der Waals surface area contributed by atoms with Gasteiger partial charge in [-0.05, 0) is 20.3 Å². The molecule has 9 nitrogen and oxygen atoms in total. The second-order valence-electron chi connectivity index (χ2n) is 4.55. The third-order valence-corrected chi connectivity index (χ3v) is 2.89. The molecule has 6 N–H and O–H groups in total. The molecule has 0 aliphatic rings. The Balaban J connectivity index is 0.00000106. The van der Waals surface area contributed by atoms with Gasteiger partial charge >= 0.3 is 0 Å². The van der Waals surface area contributed by atoms with Crippen LogP contribution in [0.5, 0.6) is 0 Å². The normalized spacial score (nSPS) is 15.1. The van der Waals surface area contributed by atoms with Gasteiger partial charge in [0.05, 0.1) is 12.3 Å². The number of hydrogen-bond donors (Lipinski definition) is 4. The van der Waals surface area contributed by atoms with Crippen molar-refractivity contribution in [2.45, 2.75) is 39.1 Å². The average Bonchev–Trinajstić information content (AvgIpc) is 2.85. The standard InChI is InChI=1S/C11H18N6O2.CH4O/c1-4-6(2)19-11(3,18)7-5-14-9-8(12)15-10(13)16-17(7)9;1-2/h5-6,18H,4H2,1-3H3,(H4,12,13,15,16);2H,1H3. The average molecular weight is 298 g/mol. The molecule has 2 heterocycles. The second kappa shape index (κ2) is 6.66. The lowest BCUT2D eigenvalue weighted by Gasteiger charge is -2.26. The first kappa shape index (κ1) is 17.1. The summed E-state index contributed by atoms with van der Waals surface area (Å²) in [4.78, 5) is 7.89. The van der Waals surface area contributed by atoms with Gasteiger partial charge in [0.25, 0.3) is 0 Å². The van der Waals surface area contributed by atoms with Gasteiger partial charge in [-0.15, -0.1) is 5.10 Å². The van der Waals surface area contributed by atoms with E-state index in [-0.39, 0.29) is 17.9 Å². The molecule has 0 fully saturated rings. The molecule has 0 aliphatic heterocycles. The fourth-order valence-electron chi connectivity index (χ4n) is 1.77. The van der Waals surface area contributed by atoms with Gasteiger partial charge < -0.3 is 26.4 Å². The van der Waals surface area contributed by atoms with E-state index in [2.05, 4.69) is 15.1 Å². The highest BCUT2D eigenvalue weighted by Gasteiger charge is 2.31. The van der Waals surface area contributed by atoms with E-state index < -0.39 is 5.79 Å². The summed E-state index contributed by atoms with van der Waals surface area (Å²) in [6.45, 7) is 5.36. The number of nitrogen functional groups attached to an aromatic ring is 2. The smallest absolute Gasteiger partial charge is 0.240 e. The number of aromatic nitrogens is 4. The number of nitrogens with zero attached hydrogens (tertiary/aromatic N) is 4. The Morgan fingerprint density at radius 2 is 2.05 bits per heavy atom. The molecule has 0 bridgehead atoms. The van der Waals surface area contributed by atoms with Gasteiger partial charge in [-0.3, -0.25) is 0 Å². The van der Waals surface area contributed by atoms with Gasteiger partial charge in [-0.1, -0.05) is 6.92 Å². The quantitative estimate of drug-likeness (QED) is 0.571. The lowest BCUT2D eigenvalue weighted by Crippen LogP contribution is -2.31. The third-order valence-electron chi connectivity index (χ3n) is 2.89. The first-order chi connectivity index (χ1) is 9.85. The van der Waals surface area contributed by atoms with Crippen LogP contribution in [-0.2, 0) is 10.5 Å². The van der Waals surface area contributed by atoms with Crippen molar-refractivity contribution >= 4 is 17.4 Å². The van der Waals surface area contributed by atoms with Crippen molar-refractivity contribution in [3.63, 3.8) is 0 Å². The number of imidazole rings is 1. The molecule has 0 spiro atoms. The van der Waals surface area contributed by atoms with E-state index in [1.165, 1.54) is 17.6 Å². The van der Waals surface area contributed by atoms with Crippen molar-refractivity contribution in [2.75, 3.05) is 18.6 Å². The summed E-state index contributed by atoms with van der Waals surface area (Å²) in [5, 5.41) is 21.4. The summed E-state index contributed by atoms with van der Waals surface area (Å²) in [5.74, 6) is -1.39. The van der Waals surface area contributed by atoms with E-state index in [1.807, 2.05) is 13.8 Å². The van der Waals surface area contributed by atoms with Gasteiger partial charge in [0.2, 0.25) is 11.7 Å². The topological polar surface area (TPSA) is 145 Å². The molecule has 2 aromatic rings. The zero-order chi connectivity index (χ0) is 16.2. The maximum atomic E-state index is 10.4. The largest absolute Gasteiger partial charge is 0.400 e. The Morgan fingerprint density at radius 1 is 1.43 bits per heavy atom. The van der Waals surface area contributed by atoms with Crippen LogP contribution in [0, 0.1) is 0 Å². The number of rotatable bonds is 4. The number of aliphatic hydroxyl groups is 2. The van der Waals surface area contributed by atoms with Crippen molar-refractivity contribution in [3.05, 3.63) is 11.9 Å². The molecule has 0 saturated heterocycles. The van der Waals surface area contributed by atoms with Crippen molar-refractivity contribution in [2.24, 2.45) is 0 Å². The summed E-state index contributed by atoms with van der Waals surface area (Å²) >= 11 is 0. The highest BCUT2D eigenvalue weighted by molar-refractivity contribution is 5.60. The number of fused-ring (bicyclic) bond motifs is 1. The molecular weight excluding hydrogens is 276 g/mol. The van der Waals surface area contributed by atoms with Crippen LogP contribution in [0.4, 0.5) is 11.8 Å². The van der Waals surface area contributed by atoms with Crippen LogP contribution in [0.2, 0.25) is 0 Å². The molecule has 0 radical (unpaired) electrons. The highest BCUT2D eigenvalue weighted by atomic mass is 16.6. The number of aliphatic hydroxyl groups excluding tert-OH is 1. The number of nitrogens with two attached hydrogens (primary N) is 2. The maximum Gasteiger partial charge on any atom is 0.240 e. The first-order valence-electron chi connectivity index (χ1n) is 6.47. The van der Waals surface area contributed by atoms with Crippen molar-refractivity contribution in [1.82, 2.24) is 19.6 Å². The van der Waals surface area contributed by atoms with Gasteiger partial charge in [0, 0.05) is 7.11 Å². The highest BCUT2D eigenvalue weighted by Crippen LogP contribution is 2.26. The van der Waals surface area contributed by atoms with Crippen LogP contribution < -0.4 is 11.5 Å². The molecule has 0 aliphatic carbocycles. The SMILES string of the molecule is CCC(C)OC(C)(O)c1cnc2c(N)nc(N)nn12.CO. The Labute approximate surface area is 122 Å². The molecule has 2 rings (SSSR count). The minimum Gasteiger partial charge on any atom is -0.400 e.